The highest BCUT2D eigenvalue weighted by atomic mass is 16.3. The molecule has 0 unspecified atom stereocenters. The van der Waals surface area contributed by atoms with Gasteiger partial charge in [0.25, 0.3) is 0 Å². The molecule has 20 heavy (non-hydrogen) atoms. The molecule has 3 heterocycles. The highest BCUT2D eigenvalue weighted by Gasteiger charge is 2.11. The lowest BCUT2D eigenvalue weighted by Gasteiger charge is -2.08. The number of hydrogen-bond donors (Lipinski definition) is 2. The first-order valence-corrected chi connectivity index (χ1v) is 6.48. The van der Waals surface area contributed by atoms with E-state index in [9.17, 15) is 0 Å². The third kappa shape index (κ3) is 2.42. The minimum Gasteiger partial charge on any atom is -0.460 e. The molecule has 0 fully saturated rings. The van der Waals surface area contributed by atoms with Crippen molar-refractivity contribution < 1.29 is 4.42 Å². The molecular weight excluding hydrogens is 252 g/mol. The molecule has 3 rings (SSSR count). The number of H-pyrrole nitrogens is 1. The Balaban J connectivity index is 1.79. The van der Waals surface area contributed by atoms with Crippen LogP contribution in [-0.4, -0.2) is 15.2 Å². The van der Waals surface area contributed by atoms with Crippen LogP contribution in [0.4, 0.5) is 5.69 Å². The second-order valence-corrected chi connectivity index (χ2v) is 4.67. The molecule has 102 valence electrons. The van der Waals surface area contributed by atoms with E-state index < -0.39 is 0 Å². The molecule has 0 saturated carbocycles. The highest BCUT2D eigenvalue weighted by Crippen LogP contribution is 2.24. The van der Waals surface area contributed by atoms with E-state index in [1.54, 1.807) is 6.20 Å². The molecule has 0 atom stereocenters. The lowest BCUT2D eigenvalue weighted by molar-refractivity contribution is 0.545. The summed E-state index contributed by atoms with van der Waals surface area (Å²) < 4.78 is 5.63. The summed E-state index contributed by atoms with van der Waals surface area (Å²) in [6, 6.07) is 7.82. The second-order valence-electron chi connectivity index (χ2n) is 4.67. The number of aromatic nitrogens is 3. The molecule has 0 spiro atoms. The fourth-order valence-electron chi connectivity index (χ4n) is 2.09. The Kier molecular flexibility index (Phi) is 3.25. The molecule has 0 aliphatic heterocycles. The molecule has 0 amide bonds. The van der Waals surface area contributed by atoms with E-state index in [0.717, 1.165) is 34.2 Å². The van der Waals surface area contributed by atoms with Gasteiger partial charge in [0.1, 0.15) is 11.5 Å². The Bertz CT molecular complexity index is 714. The first kappa shape index (κ1) is 12.5. The minimum absolute atomic E-state index is 0.665. The second kappa shape index (κ2) is 5.21. The van der Waals surface area contributed by atoms with E-state index in [4.69, 9.17) is 4.42 Å². The standard InChI is InChI=1S/C15H16N4O/c1-10-5-6-14(20-10)15-12(9-18-19-15)8-17-13-4-3-7-16-11(13)2/h3-7,9,17H,8H2,1-2H3,(H,18,19). The van der Waals surface area contributed by atoms with Crippen molar-refractivity contribution in [1.29, 1.82) is 0 Å². The van der Waals surface area contributed by atoms with E-state index in [-0.39, 0.29) is 0 Å². The van der Waals surface area contributed by atoms with Crippen LogP contribution in [0.5, 0.6) is 0 Å². The number of anilines is 1. The van der Waals surface area contributed by atoms with Gasteiger partial charge >= 0.3 is 0 Å². The number of pyridine rings is 1. The van der Waals surface area contributed by atoms with E-state index in [0.29, 0.717) is 6.54 Å². The average molecular weight is 268 g/mol. The number of nitrogens with one attached hydrogen (secondary N) is 2. The summed E-state index contributed by atoms with van der Waals surface area (Å²) in [7, 11) is 0. The maximum absolute atomic E-state index is 5.63. The summed E-state index contributed by atoms with van der Waals surface area (Å²) >= 11 is 0. The van der Waals surface area contributed by atoms with Gasteiger partial charge in [-0.15, -0.1) is 0 Å². The van der Waals surface area contributed by atoms with Crippen molar-refractivity contribution in [3.8, 4) is 11.5 Å². The van der Waals surface area contributed by atoms with Crippen LogP contribution < -0.4 is 5.32 Å². The Morgan fingerprint density at radius 1 is 1.25 bits per heavy atom. The first-order valence-electron chi connectivity index (χ1n) is 6.48. The van der Waals surface area contributed by atoms with Gasteiger partial charge in [-0.05, 0) is 38.1 Å². The van der Waals surface area contributed by atoms with Crippen molar-refractivity contribution in [3.05, 3.63) is 53.7 Å². The van der Waals surface area contributed by atoms with Gasteiger partial charge in [-0.25, -0.2) is 0 Å². The number of aromatic amines is 1. The zero-order chi connectivity index (χ0) is 13.9. The van der Waals surface area contributed by atoms with E-state index in [1.165, 1.54) is 0 Å². The Morgan fingerprint density at radius 2 is 2.15 bits per heavy atom. The molecule has 2 N–H and O–H groups in total. The molecule has 0 saturated heterocycles. The fourth-order valence-corrected chi connectivity index (χ4v) is 2.09. The molecule has 0 aliphatic rings. The number of rotatable bonds is 4. The monoisotopic (exact) mass is 268 g/mol. The summed E-state index contributed by atoms with van der Waals surface area (Å²) in [4.78, 5) is 4.26. The van der Waals surface area contributed by atoms with Crippen LogP contribution in [0.1, 0.15) is 17.0 Å². The van der Waals surface area contributed by atoms with Crippen LogP contribution in [0.2, 0.25) is 0 Å². The number of aryl methyl sites for hydroxylation is 2. The predicted octanol–water partition coefficient (Wildman–Crippen LogP) is 3.29. The van der Waals surface area contributed by atoms with E-state index in [1.807, 2.05) is 44.3 Å². The van der Waals surface area contributed by atoms with Gasteiger partial charge in [0.2, 0.25) is 0 Å². The van der Waals surface area contributed by atoms with Gasteiger partial charge in [0.05, 0.1) is 17.6 Å². The van der Waals surface area contributed by atoms with Crippen molar-refractivity contribution in [3.63, 3.8) is 0 Å². The van der Waals surface area contributed by atoms with Gasteiger partial charge in [-0.2, -0.15) is 5.10 Å². The zero-order valence-corrected chi connectivity index (χ0v) is 11.5. The lowest BCUT2D eigenvalue weighted by atomic mass is 10.2. The summed E-state index contributed by atoms with van der Waals surface area (Å²) in [5.74, 6) is 1.69. The number of hydrogen-bond acceptors (Lipinski definition) is 4. The summed E-state index contributed by atoms with van der Waals surface area (Å²) in [5, 5.41) is 10.5. The molecule has 3 aromatic rings. The third-order valence-corrected chi connectivity index (χ3v) is 3.18. The highest BCUT2D eigenvalue weighted by molar-refractivity contribution is 5.58. The topological polar surface area (TPSA) is 66.7 Å². The van der Waals surface area contributed by atoms with Crippen LogP contribution in [0, 0.1) is 13.8 Å². The van der Waals surface area contributed by atoms with E-state index >= 15 is 0 Å². The van der Waals surface area contributed by atoms with Crippen LogP contribution in [0.25, 0.3) is 11.5 Å². The van der Waals surface area contributed by atoms with Gasteiger partial charge in [-0.1, -0.05) is 0 Å². The minimum atomic E-state index is 0.665. The molecule has 0 bridgehead atoms. The van der Waals surface area contributed by atoms with Crippen LogP contribution in [-0.2, 0) is 6.54 Å². The third-order valence-electron chi connectivity index (χ3n) is 3.18. The summed E-state index contributed by atoms with van der Waals surface area (Å²) in [6.07, 6.45) is 3.60. The Labute approximate surface area is 117 Å². The van der Waals surface area contributed by atoms with Gasteiger partial charge < -0.3 is 9.73 Å². The Morgan fingerprint density at radius 3 is 2.90 bits per heavy atom. The van der Waals surface area contributed by atoms with Gasteiger partial charge in [0.15, 0.2) is 5.76 Å². The molecule has 3 aromatic heterocycles. The molecule has 0 radical (unpaired) electrons. The number of furan rings is 1. The quantitative estimate of drug-likeness (QED) is 0.762. The largest absolute Gasteiger partial charge is 0.460 e. The normalized spacial score (nSPS) is 10.7. The zero-order valence-electron chi connectivity index (χ0n) is 11.5. The summed E-state index contributed by atoms with van der Waals surface area (Å²) in [5.41, 5.74) is 3.97. The van der Waals surface area contributed by atoms with Crippen molar-refractivity contribution in [2.45, 2.75) is 20.4 Å². The van der Waals surface area contributed by atoms with E-state index in [2.05, 4.69) is 20.5 Å². The maximum Gasteiger partial charge on any atom is 0.152 e. The van der Waals surface area contributed by atoms with Gasteiger partial charge in [0, 0.05) is 18.3 Å². The van der Waals surface area contributed by atoms with Gasteiger partial charge in [-0.3, -0.25) is 10.1 Å². The summed E-state index contributed by atoms with van der Waals surface area (Å²) in [6.45, 7) is 4.57. The molecule has 0 aromatic carbocycles. The average Bonchev–Trinajstić information content (AvgIpc) is 3.06. The van der Waals surface area contributed by atoms with Crippen molar-refractivity contribution in [1.82, 2.24) is 15.2 Å². The molecule has 5 nitrogen and oxygen atoms in total. The van der Waals surface area contributed by atoms with Crippen LogP contribution in [0.3, 0.4) is 0 Å². The van der Waals surface area contributed by atoms with Crippen LogP contribution in [0.15, 0.2) is 41.1 Å². The lowest BCUT2D eigenvalue weighted by Crippen LogP contribution is -2.02. The maximum atomic E-state index is 5.63. The molecule has 0 aliphatic carbocycles. The van der Waals surface area contributed by atoms with Crippen molar-refractivity contribution >= 4 is 5.69 Å². The first-order chi connectivity index (χ1) is 9.74. The number of nitrogens with zero attached hydrogens (tertiary/aromatic N) is 2. The van der Waals surface area contributed by atoms with Crippen LogP contribution >= 0.6 is 0 Å². The smallest absolute Gasteiger partial charge is 0.152 e. The molecule has 5 heteroatoms. The fraction of sp³-hybridized carbons (Fsp3) is 0.200. The SMILES string of the molecule is Cc1ccc(-c2[nH]ncc2CNc2cccnc2C)o1. The predicted molar refractivity (Wildman–Crippen MR) is 77.3 cm³/mol. The van der Waals surface area contributed by atoms with Crippen molar-refractivity contribution in [2.24, 2.45) is 0 Å². The molecular formula is C15H16N4O. The van der Waals surface area contributed by atoms with Crippen molar-refractivity contribution in [2.75, 3.05) is 5.32 Å². The Hall–Kier alpha value is -2.56.